The van der Waals surface area contributed by atoms with Gasteiger partial charge in [0.15, 0.2) is 17.3 Å². The second kappa shape index (κ2) is 11.6. The molecule has 6 nitrogen and oxygen atoms in total. The lowest BCUT2D eigenvalue weighted by molar-refractivity contribution is -0.122. The molecule has 0 atom stereocenters. The van der Waals surface area contributed by atoms with E-state index in [2.05, 4.69) is 31.9 Å². The summed E-state index contributed by atoms with van der Waals surface area (Å²) in [6, 6.07) is 17.5. The van der Waals surface area contributed by atoms with Gasteiger partial charge >= 0.3 is 0 Å². The molecule has 0 spiro atoms. The van der Waals surface area contributed by atoms with Crippen LogP contribution in [0.2, 0.25) is 5.02 Å². The summed E-state index contributed by atoms with van der Waals surface area (Å²) in [4.78, 5) is 39.1. The number of halogens is 3. The Kier molecular flexibility index (Phi) is 8.56. The minimum atomic E-state index is -0.530. The lowest BCUT2D eigenvalue weighted by atomic mass is 10.1. The monoisotopic (exact) mass is 649 g/mol. The Bertz CT molecular complexity index is 1360. The zero-order valence-electron chi connectivity index (χ0n) is 18.8. The normalized spacial score (nSPS) is 14.4. The molecule has 1 aliphatic rings. The van der Waals surface area contributed by atoms with Gasteiger partial charge in [0.1, 0.15) is 6.61 Å². The number of methoxy groups -OCH3 is 1. The van der Waals surface area contributed by atoms with Crippen molar-refractivity contribution in [2.24, 2.45) is 0 Å². The first kappa shape index (κ1) is 26.5. The van der Waals surface area contributed by atoms with Crippen LogP contribution in [0, 0.1) is 0 Å². The molecule has 0 N–H and O–H groups in total. The van der Waals surface area contributed by atoms with Gasteiger partial charge in [-0.15, -0.1) is 0 Å². The van der Waals surface area contributed by atoms with Gasteiger partial charge in [-0.25, -0.2) is 0 Å². The zero-order valence-corrected chi connectivity index (χ0v) is 23.5. The van der Waals surface area contributed by atoms with E-state index in [1.807, 2.05) is 24.3 Å². The van der Waals surface area contributed by atoms with Crippen molar-refractivity contribution >= 4 is 78.2 Å². The van der Waals surface area contributed by atoms with Crippen LogP contribution < -0.4 is 9.47 Å². The molecule has 1 heterocycles. The topological polar surface area (TPSA) is 72.9 Å². The van der Waals surface area contributed by atoms with Crippen molar-refractivity contribution < 1.29 is 23.9 Å². The molecule has 0 aliphatic carbocycles. The number of benzene rings is 3. The van der Waals surface area contributed by atoms with E-state index in [4.69, 9.17) is 21.1 Å². The van der Waals surface area contributed by atoms with E-state index in [0.717, 1.165) is 26.7 Å². The highest BCUT2D eigenvalue weighted by Gasteiger charge is 2.36. The predicted molar refractivity (Wildman–Crippen MR) is 148 cm³/mol. The Balaban J connectivity index is 1.50. The third-order valence-electron chi connectivity index (χ3n) is 5.19. The minimum absolute atomic E-state index is 0.210. The third kappa shape index (κ3) is 6.21. The summed E-state index contributed by atoms with van der Waals surface area (Å²) in [6.07, 6.45) is 1.59. The Morgan fingerprint density at radius 1 is 1.06 bits per heavy atom. The highest BCUT2D eigenvalue weighted by Crippen LogP contribution is 2.39. The SMILES string of the molecule is COc1cc(/C=C2/SC(=O)N(CC(=O)c3ccc(Cl)cc3)C2=O)cc(Br)c1OCc1ccc(Br)cc1. The Morgan fingerprint density at radius 3 is 2.42 bits per heavy atom. The smallest absolute Gasteiger partial charge is 0.293 e. The van der Waals surface area contributed by atoms with Crippen LogP contribution in [-0.2, 0) is 11.4 Å². The number of hydrogen-bond acceptors (Lipinski definition) is 6. The maximum absolute atomic E-state index is 12.9. The summed E-state index contributed by atoms with van der Waals surface area (Å²) in [6.45, 7) is -0.0123. The number of Topliss-reactive ketones (excluding diaryl/α,β-unsaturated/α-hetero) is 1. The molecule has 1 aliphatic heterocycles. The van der Waals surface area contributed by atoms with Crippen molar-refractivity contribution in [2.75, 3.05) is 13.7 Å². The lowest BCUT2D eigenvalue weighted by Crippen LogP contribution is -2.33. The fraction of sp³-hybridized carbons (Fsp3) is 0.115. The van der Waals surface area contributed by atoms with Gasteiger partial charge in [0.2, 0.25) is 0 Å². The molecule has 3 aromatic carbocycles. The highest BCUT2D eigenvalue weighted by molar-refractivity contribution is 9.10. The maximum Gasteiger partial charge on any atom is 0.293 e. The summed E-state index contributed by atoms with van der Waals surface area (Å²) in [5.41, 5.74) is 1.98. The number of rotatable bonds is 8. The number of imide groups is 1. The first-order chi connectivity index (χ1) is 17.2. The van der Waals surface area contributed by atoms with Crippen LogP contribution in [0.25, 0.3) is 6.08 Å². The van der Waals surface area contributed by atoms with Crippen LogP contribution in [0.1, 0.15) is 21.5 Å². The van der Waals surface area contributed by atoms with Crippen molar-refractivity contribution in [1.29, 1.82) is 0 Å². The number of nitrogens with zero attached hydrogens (tertiary/aromatic N) is 1. The molecule has 2 amide bonds. The van der Waals surface area contributed by atoms with Crippen LogP contribution in [0.5, 0.6) is 11.5 Å². The first-order valence-electron chi connectivity index (χ1n) is 10.5. The van der Waals surface area contributed by atoms with Gasteiger partial charge in [0.05, 0.1) is 23.0 Å². The first-order valence-corrected chi connectivity index (χ1v) is 13.3. The number of carbonyl (C=O) groups is 3. The van der Waals surface area contributed by atoms with Gasteiger partial charge < -0.3 is 9.47 Å². The standard InChI is InChI=1S/C26H18Br2ClNO5S/c1-34-22-11-16(10-20(28)24(22)35-14-15-2-6-18(27)7-3-15)12-23-25(32)30(26(33)36-23)13-21(31)17-4-8-19(29)9-5-17/h2-12H,13-14H2,1H3/b23-12+. The lowest BCUT2D eigenvalue weighted by Gasteiger charge is -2.14. The average molecular weight is 652 g/mol. The van der Waals surface area contributed by atoms with Gasteiger partial charge in [-0.3, -0.25) is 19.3 Å². The van der Waals surface area contributed by atoms with Crippen molar-refractivity contribution in [2.45, 2.75) is 6.61 Å². The zero-order chi connectivity index (χ0) is 25.8. The van der Waals surface area contributed by atoms with E-state index >= 15 is 0 Å². The van der Waals surface area contributed by atoms with E-state index in [-0.39, 0.29) is 17.2 Å². The van der Waals surface area contributed by atoms with Crippen molar-refractivity contribution in [1.82, 2.24) is 4.90 Å². The summed E-state index contributed by atoms with van der Waals surface area (Å²) < 4.78 is 13.1. The van der Waals surface area contributed by atoms with Gasteiger partial charge in [0.25, 0.3) is 11.1 Å². The van der Waals surface area contributed by atoms with Crippen LogP contribution in [0.4, 0.5) is 4.79 Å². The number of hydrogen-bond donors (Lipinski definition) is 0. The maximum atomic E-state index is 12.9. The molecule has 0 saturated carbocycles. The Morgan fingerprint density at radius 2 is 1.75 bits per heavy atom. The molecule has 4 rings (SSSR count). The molecule has 0 bridgehead atoms. The molecule has 3 aromatic rings. The molecular weight excluding hydrogens is 634 g/mol. The Labute approximate surface area is 233 Å². The number of ether oxygens (including phenoxy) is 2. The molecule has 10 heteroatoms. The molecule has 184 valence electrons. The molecular formula is C26H18Br2ClNO5S. The minimum Gasteiger partial charge on any atom is -0.493 e. The molecule has 1 saturated heterocycles. The second-order valence-corrected chi connectivity index (χ2v) is 10.8. The molecule has 0 unspecified atom stereocenters. The van der Waals surface area contributed by atoms with E-state index < -0.39 is 11.1 Å². The van der Waals surface area contributed by atoms with Gasteiger partial charge in [-0.1, -0.05) is 39.7 Å². The van der Waals surface area contributed by atoms with E-state index in [0.29, 0.717) is 38.7 Å². The number of ketones is 1. The largest absolute Gasteiger partial charge is 0.493 e. The number of amides is 2. The summed E-state index contributed by atoms with van der Waals surface area (Å²) in [5, 5.41) is -0.0129. The van der Waals surface area contributed by atoms with Crippen molar-refractivity contribution in [3.63, 3.8) is 0 Å². The fourth-order valence-corrected chi connectivity index (χ4v) is 5.16. The van der Waals surface area contributed by atoms with Crippen LogP contribution in [0.3, 0.4) is 0 Å². The quantitative estimate of drug-likeness (QED) is 0.187. The van der Waals surface area contributed by atoms with Gasteiger partial charge in [0, 0.05) is 15.1 Å². The van der Waals surface area contributed by atoms with Crippen LogP contribution >= 0.6 is 55.2 Å². The summed E-state index contributed by atoms with van der Waals surface area (Å²) >= 11 is 13.6. The predicted octanol–water partition coefficient (Wildman–Crippen LogP) is 7.37. The van der Waals surface area contributed by atoms with E-state index in [9.17, 15) is 14.4 Å². The number of carbonyl (C=O) groups excluding carboxylic acids is 3. The fourth-order valence-electron chi connectivity index (χ4n) is 3.36. The third-order valence-corrected chi connectivity index (χ3v) is 7.46. The van der Waals surface area contributed by atoms with Crippen LogP contribution in [0.15, 0.2) is 74.5 Å². The van der Waals surface area contributed by atoms with Crippen molar-refractivity contribution in [3.05, 3.63) is 96.2 Å². The average Bonchev–Trinajstić information content (AvgIpc) is 3.11. The molecule has 0 aromatic heterocycles. The Hall–Kier alpha value is -2.59. The molecule has 36 heavy (non-hydrogen) atoms. The van der Waals surface area contributed by atoms with Gasteiger partial charge in [-0.05, 0) is 93.4 Å². The second-order valence-electron chi connectivity index (χ2n) is 7.65. The highest BCUT2D eigenvalue weighted by atomic mass is 79.9. The summed E-state index contributed by atoms with van der Waals surface area (Å²) in [7, 11) is 1.52. The van der Waals surface area contributed by atoms with E-state index in [1.165, 1.54) is 7.11 Å². The van der Waals surface area contributed by atoms with Crippen molar-refractivity contribution in [3.8, 4) is 11.5 Å². The van der Waals surface area contributed by atoms with Crippen LogP contribution in [-0.4, -0.2) is 35.5 Å². The molecule has 0 radical (unpaired) electrons. The van der Waals surface area contributed by atoms with E-state index in [1.54, 1.807) is 42.5 Å². The number of thioether (sulfide) groups is 1. The van der Waals surface area contributed by atoms with Gasteiger partial charge in [-0.2, -0.15) is 0 Å². The molecule has 1 fully saturated rings. The summed E-state index contributed by atoms with van der Waals surface area (Å²) in [5.74, 6) is 0.0917.